The van der Waals surface area contributed by atoms with Crippen LogP contribution >= 0.6 is 31.9 Å². The number of aromatic hydroxyl groups is 1. The molecule has 0 unspecified atom stereocenters. The zero-order valence-electron chi connectivity index (χ0n) is 6.67. The summed E-state index contributed by atoms with van der Waals surface area (Å²) < 4.78 is 1.54. The Kier molecular flexibility index (Phi) is 3.73. The van der Waals surface area contributed by atoms with Gasteiger partial charge in [-0.1, -0.05) is 0 Å². The van der Waals surface area contributed by atoms with E-state index in [9.17, 15) is 5.11 Å². The summed E-state index contributed by atoms with van der Waals surface area (Å²) in [5.74, 6) is 0.0802. The van der Waals surface area contributed by atoms with Gasteiger partial charge in [0.1, 0.15) is 5.75 Å². The number of halogens is 2. The smallest absolute Gasteiger partial charge is 0.121 e. The number of rotatable bonds is 2. The van der Waals surface area contributed by atoms with Crippen molar-refractivity contribution in [1.82, 2.24) is 0 Å². The second kappa shape index (κ2) is 4.41. The van der Waals surface area contributed by atoms with Crippen molar-refractivity contribution in [1.29, 1.82) is 0 Å². The second-order valence-corrected chi connectivity index (χ2v) is 4.32. The van der Waals surface area contributed by atoms with Crippen molar-refractivity contribution in [2.75, 3.05) is 6.61 Å². The molecule has 13 heavy (non-hydrogen) atoms. The first-order valence-corrected chi connectivity index (χ1v) is 5.19. The number of benzene rings is 1. The van der Waals surface area contributed by atoms with Crippen LogP contribution in [-0.2, 0) is 0 Å². The van der Waals surface area contributed by atoms with Crippen molar-refractivity contribution in [3.63, 3.8) is 0 Å². The van der Waals surface area contributed by atoms with Crippen molar-refractivity contribution >= 4 is 31.9 Å². The number of hydrogen-bond acceptors (Lipinski definition) is 3. The molecule has 1 aromatic carbocycles. The number of hydrogen-bond donors (Lipinski definition) is 3. The van der Waals surface area contributed by atoms with E-state index in [-0.39, 0.29) is 12.4 Å². The molecule has 0 aliphatic rings. The van der Waals surface area contributed by atoms with Crippen LogP contribution in [0.2, 0.25) is 0 Å². The van der Waals surface area contributed by atoms with Crippen LogP contribution in [0.4, 0.5) is 0 Å². The molecule has 5 heteroatoms. The third-order valence-corrected chi connectivity index (χ3v) is 3.51. The largest absolute Gasteiger partial charge is 0.508 e. The Morgan fingerprint density at radius 2 is 1.85 bits per heavy atom. The van der Waals surface area contributed by atoms with E-state index in [1.165, 1.54) is 6.07 Å². The van der Waals surface area contributed by atoms with Crippen LogP contribution in [0.25, 0.3) is 0 Å². The van der Waals surface area contributed by atoms with E-state index in [1.54, 1.807) is 6.07 Å². The average molecular weight is 311 g/mol. The van der Waals surface area contributed by atoms with Gasteiger partial charge in [-0.25, -0.2) is 0 Å². The number of phenolic OH excluding ortho intramolecular Hbond substituents is 1. The van der Waals surface area contributed by atoms with Gasteiger partial charge in [-0.05, 0) is 44.0 Å². The van der Waals surface area contributed by atoms with Gasteiger partial charge in [0.15, 0.2) is 0 Å². The van der Waals surface area contributed by atoms with Crippen molar-refractivity contribution in [2.24, 2.45) is 5.73 Å². The maximum atomic E-state index is 9.48. The first kappa shape index (κ1) is 11.0. The molecular weight excluding hydrogens is 302 g/mol. The summed E-state index contributed by atoms with van der Waals surface area (Å²) in [5, 5.41) is 18.3. The van der Waals surface area contributed by atoms with Crippen LogP contribution in [-0.4, -0.2) is 16.8 Å². The maximum Gasteiger partial charge on any atom is 0.121 e. The molecule has 0 aliphatic heterocycles. The van der Waals surface area contributed by atoms with Crippen molar-refractivity contribution in [2.45, 2.75) is 6.04 Å². The molecule has 4 N–H and O–H groups in total. The fourth-order valence-electron chi connectivity index (χ4n) is 0.947. The van der Waals surface area contributed by atoms with Crippen molar-refractivity contribution < 1.29 is 10.2 Å². The fraction of sp³-hybridized carbons (Fsp3) is 0.250. The van der Waals surface area contributed by atoms with Gasteiger partial charge >= 0.3 is 0 Å². The van der Waals surface area contributed by atoms with Gasteiger partial charge in [0.25, 0.3) is 0 Å². The number of aliphatic hydroxyl groups excluding tert-OH is 1. The SMILES string of the molecule is N[C@H](CO)c1cc(Br)c(Br)cc1O. The van der Waals surface area contributed by atoms with Gasteiger partial charge in [0.2, 0.25) is 0 Å². The monoisotopic (exact) mass is 309 g/mol. The summed E-state index contributed by atoms with van der Waals surface area (Å²) >= 11 is 6.52. The molecule has 3 nitrogen and oxygen atoms in total. The Morgan fingerprint density at radius 1 is 1.31 bits per heavy atom. The van der Waals surface area contributed by atoms with Gasteiger partial charge in [-0.2, -0.15) is 0 Å². The van der Waals surface area contributed by atoms with Gasteiger partial charge in [0, 0.05) is 14.5 Å². The van der Waals surface area contributed by atoms with Crippen LogP contribution in [0, 0.1) is 0 Å². The third-order valence-electron chi connectivity index (χ3n) is 1.67. The highest BCUT2D eigenvalue weighted by atomic mass is 79.9. The van der Waals surface area contributed by atoms with Crippen molar-refractivity contribution in [3.8, 4) is 5.75 Å². The lowest BCUT2D eigenvalue weighted by molar-refractivity contribution is 0.265. The molecule has 0 aliphatic carbocycles. The molecule has 0 amide bonds. The van der Waals surface area contributed by atoms with Crippen LogP contribution in [0.15, 0.2) is 21.1 Å². The molecule has 1 atom stereocenters. The van der Waals surface area contributed by atoms with Crippen LogP contribution < -0.4 is 5.73 Å². The van der Waals surface area contributed by atoms with E-state index in [0.717, 1.165) is 8.95 Å². The summed E-state index contributed by atoms with van der Waals surface area (Å²) in [6.45, 7) is -0.193. The number of nitrogens with two attached hydrogens (primary N) is 1. The molecule has 0 heterocycles. The summed E-state index contributed by atoms with van der Waals surface area (Å²) in [6.07, 6.45) is 0. The van der Waals surface area contributed by atoms with E-state index in [0.29, 0.717) is 5.56 Å². The van der Waals surface area contributed by atoms with Gasteiger partial charge in [0.05, 0.1) is 12.6 Å². The predicted molar refractivity (Wildman–Crippen MR) is 57.5 cm³/mol. The maximum absolute atomic E-state index is 9.48. The van der Waals surface area contributed by atoms with E-state index in [1.807, 2.05) is 0 Å². The first-order chi connectivity index (χ1) is 6.06. The molecule has 1 rings (SSSR count). The molecule has 72 valence electrons. The van der Waals surface area contributed by atoms with Crippen LogP contribution in [0.3, 0.4) is 0 Å². The highest BCUT2D eigenvalue weighted by molar-refractivity contribution is 9.13. The zero-order chi connectivity index (χ0) is 10.0. The molecule has 1 aromatic rings. The van der Waals surface area contributed by atoms with Crippen LogP contribution in [0.1, 0.15) is 11.6 Å². The lowest BCUT2D eigenvalue weighted by atomic mass is 10.1. The minimum absolute atomic E-state index is 0.0802. The van der Waals surface area contributed by atoms with E-state index in [4.69, 9.17) is 10.8 Å². The Hall–Kier alpha value is -0.100. The summed E-state index contributed by atoms with van der Waals surface area (Å²) in [7, 11) is 0. The zero-order valence-corrected chi connectivity index (χ0v) is 9.84. The van der Waals surface area contributed by atoms with Crippen LogP contribution in [0.5, 0.6) is 5.75 Å². The Morgan fingerprint density at radius 3 is 2.38 bits per heavy atom. The topological polar surface area (TPSA) is 66.5 Å². The second-order valence-electron chi connectivity index (χ2n) is 2.61. The standard InChI is InChI=1S/C8H9Br2NO2/c9-5-1-4(7(11)3-12)8(13)2-6(5)10/h1-2,7,12-13H,3,11H2/t7-/m1/s1. The van der Waals surface area contributed by atoms with E-state index < -0.39 is 6.04 Å². The lowest BCUT2D eigenvalue weighted by Gasteiger charge is -2.11. The van der Waals surface area contributed by atoms with Crippen molar-refractivity contribution in [3.05, 3.63) is 26.6 Å². The lowest BCUT2D eigenvalue weighted by Crippen LogP contribution is -2.14. The Labute approximate surface area is 92.8 Å². The minimum Gasteiger partial charge on any atom is -0.508 e. The molecule has 0 saturated heterocycles. The molecule has 0 spiro atoms. The molecule has 0 bridgehead atoms. The number of phenols is 1. The van der Waals surface area contributed by atoms with Gasteiger partial charge in [-0.15, -0.1) is 0 Å². The van der Waals surface area contributed by atoms with E-state index in [2.05, 4.69) is 31.9 Å². The minimum atomic E-state index is -0.551. The highest BCUT2D eigenvalue weighted by Gasteiger charge is 2.12. The number of aliphatic hydroxyl groups is 1. The Balaban J connectivity index is 3.15. The van der Waals surface area contributed by atoms with Gasteiger partial charge in [-0.3, -0.25) is 0 Å². The Bertz CT molecular complexity index is 317. The summed E-state index contributed by atoms with van der Waals surface area (Å²) in [6, 6.07) is 2.67. The molecule has 0 fully saturated rings. The quantitative estimate of drug-likeness (QED) is 0.782. The molecular formula is C8H9Br2NO2. The fourth-order valence-corrected chi connectivity index (χ4v) is 1.64. The molecule has 0 aromatic heterocycles. The first-order valence-electron chi connectivity index (χ1n) is 3.60. The highest BCUT2D eigenvalue weighted by Crippen LogP contribution is 2.32. The molecule has 0 radical (unpaired) electrons. The normalized spacial score (nSPS) is 12.9. The predicted octanol–water partition coefficient (Wildman–Crippen LogP) is 1.91. The summed E-state index contributed by atoms with van der Waals surface area (Å²) in [5.41, 5.74) is 6.09. The van der Waals surface area contributed by atoms with E-state index >= 15 is 0 Å². The third kappa shape index (κ3) is 2.43. The molecule has 0 saturated carbocycles. The average Bonchev–Trinajstić information content (AvgIpc) is 2.10. The summed E-state index contributed by atoms with van der Waals surface area (Å²) in [4.78, 5) is 0. The van der Waals surface area contributed by atoms with Gasteiger partial charge < -0.3 is 15.9 Å².